The standard InChI is InChI=1S/C14H16N2O2/c1-2-7-16-13(17)8-11(9-14(16)18)10-3-5-12(15)6-4-10/h2-6,11H,1,7-9,15H2. The van der Waals surface area contributed by atoms with Gasteiger partial charge >= 0.3 is 0 Å². The molecule has 1 aliphatic rings. The van der Waals surface area contributed by atoms with Gasteiger partial charge in [0.1, 0.15) is 0 Å². The van der Waals surface area contributed by atoms with Crippen LogP contribution in [0, 0.1) is 0 Å². The number of nitrogens with two attached hydrogens (primary N) is 1. The Labute approximate surface area is 106 Å². The molecule has 0 aromatic heterocycles. The number of amides is 2. The molecule has 1 saturated heterocycles. The normalized spacial score (nSPS) is 17.0. The van der Waals surface area contributed by atoms with E-state index < -0.39 is 0 Å². The Kier molecular flexibility index (Phi) is 3.46. The number of anilines is 1. The molecule has 0 atom stereocenters. The lowest BCUT2D eigenvalue weighted by Gasteiger charge is -2.29. The maximum Gasteiger partial charge on any atom is 0.230 e. The van der Waals surface area contributed by atoms with Crippen LogP contribution in [-0.4, -0.2) is 23.3 Å². The summed E-state index contributed by atoms with van der Waals surface area (Å²) in [6, 6.07) is 7.34. The minimum absolute atomic E-state index is 0.0355. The number of nitrogens with zero attached hydrogens (tertiary/aromatic N) is 1. The minimum atomic E-state index is -0.132. The highest BCUT2D eigenvalue weighted by Gasteiger charge is 2.32. The lowest BCUT2D eigenvalue weighted by atomic mass is 9.88. The van der Waals surface area contributed by atoms with Gasteiger partial charge in [0.05, 0.1) is 0 Å². The molecule has 18 heavy (non-hydrogen) atoms. The molecule has 2 rings (SSSR count). The van der Waals surface area contributed by atoms with Gasteiger partial charge in [-0.2, -0.15) is 0 Å². The monoisotopic (exact) mass is 244 g/mol. The van der Waals surface area contributed by atoms with E-state index in [0.29, 0.717) is 25.1 Å². The summed E-state index contributed by atoms with van der Waals surface area (Å²) in [6.07, 6.45) is 2.30. The molecule has 0 unspecified atom stereocenters. The van der Waals surface area contributed by atoms with Gasteiger partial charge in [-0.1, -0.05) is 18.2 Å². The van der Waals surface area contributed by atoms with Crippen molar-refractivity contribution in [3.05, 3.63) is 42.5 Å². The third-order valence-electron chi connectivity index (χ3n) is 3.16. The Morgan fingerprint density at radius 1 is 1.22 bits per heavy atom. The second-order valence-electron chi connectivity index (χ2n) is 4.46. The predicted octanol–water partition coefficient (Wildman–Crippen LogP) is 1.69. The number of hydrogen-bond donors (Lipinski definition) is 1. The summed E-state index contributed by atoms with van der Waals surface area (Å²) in [5.74, 6) is -0.299. The van der Waals surface area contributed by atoms with Crippen molar-refractivity contribution in [1.29, 1.82) is 0 Å². The molecule has 1 aliphatic heterocycles. The summed E-state index contributed by atoms with van der Waals surface area (Å²) >= 11 is 0. The van der Waals surface area contributed by atoms with E-state index in [1.807, 2.05) is 12.1 Å². The first kappa shape index (κ1) is 12.4. The average molecular weight is 244 g/mol. The molecule has 2 amide bonds. The van der Waals surface area contributed by atoms with E-state index in [2.05, 4.69) is 6.58 Å². The van der Waals surface area contributed by atoms with Crippen LogP contribution in [0.3, 0.4) is 0 Å². The van der Waals surface area contributed by atoms with Gasteiger partial charge in [0.15, 0.2) is 0 Å². The van der Waals surface area contributed by atoms with Crippen LogP contribution in [0.4, 0.5) is 5.69 Å². The van der Waals surface area contributed by atoms with Crippen molar-refractivity contribution in [3.63, 3.8) is 0 Å². The molecule has 1 aromatic rings. The zero-order valence-electron chi connectivity index (χ0n) is 10.1. The molecule has 94 valence electrons. The molecule has 2 N–H and O–H groups in total. The van der Waals surface area contributed by atoms with Crippen molar-refractivity contribution in [2.75, 3.05) is 12.3 Å². The number of piperidine rings is 1. The number of nitrogen functional groups attached to an aromatic ring is 1. The summed E-state index contributed by atoms with van der Waals surface area (Å²) in [6.45, 7) is 3.85. The van der Waals surface area contributed by atoms with Gasteiger partial charge in [0.2, 0.25) is 11.8 Å². The fourth-order valence-corrected chi connectivity index (χ4v) is 2.19. The van der Waals surface area contributed by atoms with Gasteiger partial charge in [-0.05, 0) is 17.7 Å². The summed E-state index contributed by atoms with van der Waals surface area (Å²) in [5, 5.41) is 0. The maximum atomic E-state index is 11.9. The molecule has 4 heteroatoms. The van der Waals surface area contributed by atoms with E-state index in [9.17, 15) is 9.59 Å². The number of carbonyl (C=O) groups excluding carboxylic acids is 2. The fraction of sp³-hybridized carbons (Fsp3) is 0.286. The van der Waals surface area contributed by atoms with E-state index in [1.165, 1.54) is 4.90 Å². The van der Waals surface area contributed by atoms with E-state index >= 15 is 0 Å². The highest BCUT2D eigenvalue weighted by molar-refractivity contribution is 5.98. The Balaban J connectivity index is 2.15. The van der Waals surface area contributed by atoms with Crippen molar-refractivity contribution in [2.24, 2.45) is 0 Å². The topological polar surface area (TPSA) is 63.4 Å². The summed E-state index contributed by atoms with van der Waals surface area (Å²) < 4.78 is 0. The molecule has 1 aromatic carbocycles. The maximum absolute atomic E-state index is 11.9. The Hall–Kier alpha value is -2.10. The first-order valence-electron chi connectivity index (χ1n) is 5.91. The Bertz CT molecular complexity index is 461. The van der Waals surface area contributed by atoms with Crippen molar-refractivity contribution >= 4 is 17.5 Å². The van der Waals surface area contributed by atoms with Crippen LogP contribution >= 0.6 is 0 Å². The van der Waals surface area contributed by atoms with Crippen LogP contribution in [0.5, 0.6) is 0 Å². The number of carbonyl (C=O) groups is 2. The molecule has 0 aliphatic carbocycles. The van der Waals surface area contributed by atoms with E-state index in [0.717, 1.165) is 5.56 Å². The quantitative estimate of drug-likeness (QED) is 0.500. The SMILES string of the molecule is C=CCN1C(=O)CC(c2ccc(N)cc2)CC1=O. The Morgan fingerprint density at radius 2 is 1.78 bits per heavy atom. The number of rotatable bonds is 3. The van der Waals surface area contributed by atoms with E-state index in [1.54, 1.807) is 18.2 Å². The van der Waals surface area contributed by atoms with Gasteiger partial charge in [0.25, 0.3) is 0 Å². The van der Waals surface area contributed by atoms with Gasteiger partial charge in [-0.25, -0.2) is 0 Å². The molecule has 0 saturated carbocycles. The molecular formula is C14H16N2O2. The average Bonchev–Trinajstić information content (AvgIpc) is 2.34. The zero-order chi connectivity index (χ0) is 13.1. The van der Waals surface area contributed by atoms with Crippen molar-refractivity contribution in [3.8, 4) is 0 Å². The van der Waals surface area contributed by atoms with Crippen LogP contribution in [0.25, 0.3) is 0 Å². The summed E-state index contributed by atoms with van der Waals surface area (Å²) in [5.41, 5.74) is 7.29. The number of likely N-dealkylation sites (tertiary alicyclic amines) is 1. The van der Waals surface area contributed by atoms with Gasteiger partial charge < -0.3 is 5.73 Å². The molecule has 1 fully saturated rings. The third-order valence-corrected chi connectivity index (χ3v) is 3.16. The summed E-state index contributed by atoms with van der Waals surface area (Å²) in [4.78, 5) is 25.0. The molecule has 4 nitrogen and oxygen atoms in total. The van der Waals surface area contributed by atoms with Crippen LogP contribution in [-0.2, 0) is 9.59 Å². The van der Waals surface area contributed by atoms with E-state index in [-0.39, 0.29) is 17.7 Å². The van der Waals surface area contributed by atoms with Crippen molar-refractivity contribution in [1.82, 2.24) is 4.90 Å². The zero-order valence-corrected chi connectivity index (χ0v) is 10.1. The smallest absolute Gasteiger partial charge is 0.230 e. The van der Waals surface area contributed by atoms with E-state index in [4.69, 9.17) is 5.73 Å². The summed E-state index contributed by atoms with van der Waals surface area (Å²) in [7, 11) is 0. The largest absolute Gasteiger partial charge is 0.399 e. The lowest BCUT2D eigenvalue weighted by molar-refractivity contribution is -0.147. The minimum Gasteiger partial charge on any atom is -0.399 e. The molecule has 1 heterocycles. The third kappa shape index (κ3) is 2.42. The van der Waals surface area contributed by atoms with Crippen LogP contribution in [0.1, 0.15) is 24.3 Å². The van der Waals surface area contributed by atoms with Gasteiger partial charge in [0, 0.05) is 31.0 Å². The Morgan fingerprint density at radius 3 is 2.28 bits per heavy atom. The molecule has 0 radical (unpaired) electrons. The van der Waals surface area contributed by atoms with Gasteiger partial charge in [-0.15, -0.1) is 6.58 Å². The molecule has 0 spiro atoms. The number of imide groups is 1. The first-order valence-corrected chi connectivity index (χ1v) is 5.91. The predicted molar refractivity (Wildman–Crippen MR) is 69.7 cm³/mol. The first-order chi connectivity index (χ1) is 8.61. The van der Waals surface area contributed by atoms with Crippen molar-refractivity contribution < 1.29 is 9.59 Å². The highest BCUT2D eigenvalue weighted by atomic mass is 16.2. The number of benzene rings is 1. The van der Waals surface area contributed by atoms with Crippen LogP contribution in [0.2, 0.25) is 0 Å². The van der Waals surface area contributed by atoms with Crippen LogP contribution in [0.15, 0.2) is 36.9 Å². The molecule has 0 bridgehead atoms. The lowest BCUT2D eigenvalue weighted by Crippen LogP contribution is -2.42. The van der Waals surface area contributed by atoms with Crippen LogP contribution < -0.4 is 5.73 Å². The second kappa shape index (κ2) is 5.04. The fourth-order valence-electron chi connectivity index (χ4n) is 2.19. The number of hydrogen-bond acceptors (Lipinski definition) is 3. The van der Waals surface area contributed by atoms with Gasteiger partial charge in [-0.3, -0.25) is 14.5 Å². The van der Waals surface area contributed by atoms with Crippen molar-refractivity contribution in [2.45, 2.75) is 18.8 Å². The highest BCUT2D eigenvalue weighted by Crippen LogP contribution is 2.29. The molecular weight excluding hydrogens is 228 g/mol. The second-order valence-corrected chi connectivity index (χ2v) is 4.46.